The Balaban J connectivity index is 1.59. The lowest BCUT2D eigenvalue weighted by atomic mass is 10.1. The number of benzene rings is 3. The predicted molar refractivity (Wildman–Crippen MR) is 126 cm³/mol. The molecule has 10 heteroatoms. The van der Waals surface area contributed by atoms with Crippen LogP contribution in [0.5, 0.6) is 5.75 Å². The van der Waals surface area contributed by atoms with Crippen LogP contribution in [0.2, 0.25) is 0 Å². The largest absolute Gasteiger partial charge is 0.497 e. The minimum atomic E-state index is -3.99. The van der Waals surface area contributed by atoms with Crippen molar-refractivity contribution in [1.29, 1.82) is 0 Å². The Bertz CT molecular complexity index is 1280. The molecule has 3 aromatic rings. The van der Waals surface area contributed by atoms with E-state index in [1.165, 1.54) is 37.4 Å². The van der Waals surface area contributed by atoms with E-state index in [0.717, 1.165) is 12.1 Å². The smallest absolute Gasteiger partial charge is 0.261 e. The molecular formula is C24H24FN3O5S. The first kappa shape index (κ1) is 24.7. The number of ether oxygens (including phenoxy) is 1. The van der Waals surface area contributed by atoms with Crippen molar-refractivity contribution in [3.63, 3.8) is 0 Å². The van der Waals surface area contributed by atoms with Gasteiger partial charge in [-0.15, -0.1) is 0 Å². The lowest BCUT2D eigenvalue weighted by Crippen LogP contribution is -2.35. The maximum absolute atomic E-state index is 13.1. The fourth-order valence-electron chi connectivity index (χ4n) is 3.04. The van der Waals surface area contributed by atoms with Crippen LogP contribution in [0.4, 0.5) is 10.1 Å². The van der Waals surface area contributed by atoms with Gasteiger partial charge in [0.1, 0.15) is 11.6 Å². The van der Waals surface area contributed by atoms with Crippen molar-refractivity contribution in [3.05, 3.63) is 89.2 Å². The first-order chi connectivity index (χ1) is 16.2. The van der Waals surface area contributed by atoms with Crippen molar-refractivity contribution in [1.82, 2.24) is 10.6 Å². The average Bonchev–Trinajstić information content (AvgIpc) is 2.83. The zero-order chi connectivity index (χ0) is 24.7. The number of hydrogen-bond acceptors (Lipinski definition) is 5. The Hall–Kier alpha value is -3.92. The predicted octanol–water partition coefficient (Wildman–Crippen LogP) is 3.10. The number of carbonyl (C=O) groups is 2. The Kier molecular flexibility index (Phi) is 7.85. The van der Waals surface area contributed by atoms with Gasteiger partial charge in [-0.2, -0.15) is 0 Å². The number of amides is 2. The summed E-state index contributed by atoms with van der Waals surface area (Å²) in [6.07, 6.45) is 0. The highest BCUT2D eigenvalue weighted by Gasteiger charge is 2.18. The van der Waals surface area contributed by atoms with Gasteiger partial charge in [-0.05, 0) is 73.2 Å². The lowest BCUT2D eigenvalue weighted by Gasteiger charge is -2.12. The second-order valence-corrected chi connectivity index (χ2v) is 9.01. The molecule has 0 aliphatic rings. The van der Waals surface area contributed by atoms with Crippen molar-refractivity contribution in [2.75, 3.05) is 24.9 Å². The quantitative estimate of drug-likeness (QED) is 0.403. The minimum absolute atomic E-state index is 0.111. The molecule has 0 saturated heterocycles. The Morgan fingerprint density at radius 3 is 2.12 bits per heavy atom. The number of nitrogens with one attached hydrogen (secondary N) is 3. The third-order valence-corrected chi connectivity index (χ3v) is 6.29. The highest BCUT2D eigenvalue weighted by atomic mass is 32.2. The van der Waals surface area contributed by atoms with Crippen LogP contribution in [0.1, 0.15) is 26.3 Å². The van der Waals surface area contributed by atoms with Gasteiger partial charge in [0.15, 0.2) is 0 Å². The molecule has 0 radical (unpaired) electrons. The summed E-state index contributed by atoms with van der Waals surface area (Å²) in [6, 6.07) is 15.7. The van der Waals surface area contributed by atoms with Crippen LogP contribution in [0.15, 0.2) is 71.6 Å². The first-order valence-electron chi connectivity index (χ1n) is 10.3. The molecule has 2 amide bonds. The van der Waals surface area contributed by atoms with Gasteiger partial charge in [0, 0.05) is 29.9 Å². The zero-order valence-electron chi connectivity index (χ0n) is 18.6. The van der Waals surface area contributed by atoms with Gasteiger partial charge < -0.3 is 15.4 Å². The van der Waals surface area contributed by atoms with Crippen molar-refractivity contribution < 1.29 is 27.1 Å². The molecule has 0 spiro atoms. The number of halogens is 1. The van der Waals surface area contributed by atoms with Gasteiger partial charge >= 0.3 is 0 Å². The van der Waals surface area contributed by atoms with Gasteiger partial charge in [0.2, 0.25) is 0 Å². The molecular weight excluding hydrogens is 461 g/mol. The van der Waals surface area contributed by atoms with Gasteiger partial charge in [-0.3, -0.25) is 14.3 Å². The Labute approximate surface area is 197 Å². The van der Waals surface area contributed by atoms with E-state index in [0.29, 0.717) is 16.9 Å². The molecule has 0 aromatic heterocycles. The second kappa shape index (κ2) is 10.8. The van der Waals surface area contributed by atoms with Gasteiger partial charge in [0.05, 0.1) is 12.0 Å². The van der Waals surface area contributed by atoms with E-state index in [1.807, 2.05) is 0 Å². The standard InChI is InChI=1S/C24H24FN3O5S/c1-16-3-12-21(34(31,32)28-19-8-6-18(25)7-9-19)15-22(16)24(30)27-14-13-26-23(29)17-4-10-20(33-2)11-5-17/h3-12,15,28H,13-14H2,1-2H3,(H,26,29)(H,27,30). The lowest BCUT2D eigenvalue weighted by molar-refractivity contribution is 0.0927. The van der Waals surface area contributed by atoms with Gasteiger partial charge in [0.25, 0.3) is 21.8 Å². The number of hydrogen-bond donors (Lipinski definition) is 3. The topological polar surface area (TPSA) is 114 Å². The average molecular weight is 486 g/mol. The summed E-state index contributed by atoms with van der Waals surface area (Å²) in [4.78, 5) is 24.7. The van der Waals surface area contributed by atoms with Crippen LogP contribution in [-0.4, -0.2) is 40.4 Å². The van der Waals surface area contributed by atoms with E-state index in [2.05, 4.69) is 15.4 Å². The van der Waals surface area contributed by atoms with Crippen LogP contribution in [0, 0.1) is 12.7 Å². The maximum Gasteiger partial charge on any atom is 0.261 e. The van der Waals surface area contributed by atoms with Crippen molar-refractivity contribution in [3.8, 4) is 5.75 Å². The highest BCUT2D eigenvalue weighted by Crippen LogP contribution is 2.20. The molecule has 0 unspecified atom stereocenters. The molecule has 34 heavy (non-hydrogen) atoms. The molecule has 8 nitrogen and oxygen atoms in total. The Morgan fingerprint density at radius 1 is 0.882 bits per heavy atom. The minimum Gasteiger partial charge on any atom is -0.497 e. The van der Waals surface area contributed by atoms with Crippen molar-refractivity contribution in [2.24, 2.45) is 0 Å². The summed E-state index contributed by atoms with van der Waals surface area (Å²) < 4.78 is 45.9. The normalized spacial score (nSPS) is 10.9. The Morgan fingerprint density at radius 2 is 1.50 bits per heavy atom. The molecule has 0 fully saturated rings. The van der Waals surface area contributed by atoms with E-state index in [4.69, 9.17) is 4.74 Å². The molecule has 3 rings (SSSR count). The van der Waals surface area contributed by atoms with Crippen LogP contribution in [-0.2, 0) is 10.0 Å². The third-order valence-electron chi connectivity index (χ3n) is 4.91. The summed E-state index contributed by atoms with van der Waals surface area (Å²) in [6.45, 7) is 2.01. The van der Waals surface area contributed by atoms with E-state index in [-0.39, 0.29) is 35.1 Å². The van der Waals surface area contributed by atoms with E-state index < -0.39 is 21.7 Å². The summed E-state index contributed by atoms with van der Waals surface area (Å²) in [5.41, 5.74) is 1.42. The first-order valence-corrected chi connectivity index (χ1v) is 11.8. The highest BCUT2D eigenvalue weighted by molar-refractivity contribution is 7.92. The van der Waals surface area contributed by atoms with Gasteiger partial charge in [-0.25, -0.2) is 12.8 Å². The maximum atomic E-state index is 13.1. The number of rotatable bonds is 9. The number of methoxy groups -OCH3 is 1. The van der Waals surface area contributed by atoms with Crippen LogP contribution >= 0.6 is 0 Å². The second-order valence-electron chi connectivity index (χ2n) is 7.33. The summed E-state index contributed by atoms with van der Waals surface area (Å²) in [7, 11) is -2.46. The number of aryl methyl sites for hydroxylation is 1. The molecule has 0 heterocycles. The number of anilines is 1. The fraction of sp³-hybridized carbons (Fsp3) is 0.167. The number of sulfonamides is 1. The molecule has 3 aromatic carbocycles. The number of carbonyl (C=O) groups excluding carboxylic acids is 2. The van der Waals surface area contributed by atoms with E-state index >= 15 is 0 Å². The molecule has 0 saturated carbocycles. The molecule has 0 aliphatic carbocycles. The zero-order valence-corrected chi connectivity index (χ0v) is 19.4. The van der Waals surface area contributed by atoms with Crippen LogP contribution in [0.3, 0.4) is 0 Å². The monoisotopic (exact) mass is 485 g/mol. The van der Waals surface area contributed by atoms with Crippen LogP contribution < -0.4 is 20.1 Å². The van der Waals surface area contributed by atoms with Crippen molar-refractivity contribution >= 4 is 27.5 Å². The summed E-state index contributed by atoms with van der Waals surface area (Å²) >= 11 is 0. The SMILES string of the molecule is COc1ccc(C(=O)NCCNC(=O)c2cc(S(=O)(=O)Nc3ccc(F)cc3)ccc2C)cc1. The summed E-state index contributed by atoms with van der Waals surface area (Å²) in [5, 5.41) is 5.37. The summed E-state index contributed by atoms with van der Waals surface area (Å²) in [5.74, 6) is -0.628. The fourth-order valence-corrected chi connectivity index (χ4v) is 4.12. The third kappa shape index (κ3) is 6.32. The van der Waals surface area contributed by atoms with E-state index in [9.17, 15) is 22.4 Å². The molecule has 178 valence electrons. The van der Waals surface area contributed by atoms with E-state index in [1.54, 1.807) is 31.2 Å². The molecule has 0 bridgehead atoms. The molecule has 0 atom stereocenters. The van der Waals surface area contributed by atoms with Gasteiger partial charge in [-0.1, -0.05) is 6.07 Å². The van der Waals surface area contributed by atoms with Crippen molar-refractivity contribution in [2.45, 2.75) is 11.8 Å². The molecule has 3 N–H and O–H groups in total. The van der Waals surface area contributed by atoms with Crippen LogP contribution in [0.25, 0.3) is 0 Å². The molecule has 0 aliphatic heterocycles.